The first kappa shape index (κ1) is 9.95. The molecule has 10 heavy (non-hydrogen) atoms. The predicted molar refractivity (Wildman–Crippen MR) is 46.3 cm³/mol. The zero-order valence-electron chi connectivity index (χ0n) is 6.70. The Morgan fingerprint density at radius 2 is 2.20 bits per heavy atom. The normalized spacial score (nSPS) is 16.0. The Kier molecular flexibility index (Phi) is 3.94. The fraction of sp³-hybridized carbons (Fsp3) is 0.857. The number of hydrogen-bond acceptors (Lipinski definition) is 1. The lowest BCUT2D eigenvalue weighted by Crippen LogP contribution is -2.37. The molecule has 0 aromatic heterocycles. The molecule has 0 saturated heterocycles. The largest absolute Gasteiger partial charge is 0.358 e. The average molecular weight is 208 g/mol. The van der Waals surface area contributed by atoms with Crippen molar-refractivity contribution in [2.24, 2.45) is 0 Å². The van der Waals surface area contributed by atoms with Gasteiger partial charge in [-0.1, -0.05) is 29.3 Å². The van der Waals surface area contributed by atoms with Gasteiger partial charge in [0.25, 0.3) is 0 Å². The van der Waals surface area contributed by atoms with Gasteiger partial charge in [0.05, 0.1) is 0 Å². The standard InChI is InChI=1S/C7H14BrNO/c1-4-5-7(2,8)6(10)9-3/h4-5H2,1-3H3,(H,9,10). The van der Waals surface area contributed by atoms with E-state index in [-0.39, 0.29) is 10.2 Å². The van der Waals surface area contributed by atoms with Crippen molar-refractivity contribution in [2.45, 2.75) is 31.0 Å². The van der Waals surface area contributed by atoms with Crippen molar-refractivity contribution >= 4 is 21.8 Å². The van der Waals surface area contributed by atoms with Crippen molar-refractivity contribution in [1.29, 1.82) is 0 Å². The third-order valence-corrected chi connectivity index (χ3v) is 2.18. The zero-order chi connectivity index (χ0) is 8.20. The van der Waals surface area contributed by atoms with E-state index in [4.69, 9.17) is 0 Å². The summed E-state index contributed by atoms with van der Waals surface area (Å²) < 4.78 is -0.378. The Morgan fingerprint density at radius 1 is 1.70 bits per heavy atom. The van der Waals surface area contributed by atoms with E-state index < -0.39 is 0 Å². The van der Waals surface area contributed by atoms with Crippen LogP contribution in [0.15, 0.2) is 0 Å². The van der Waals surface area contributed by atoms with E-state index in [1.54, 1.807) is 7.05 Å². The first-order valence-corrected chi connectivity index (χ1v) is 4.25. The lowest BCUT2D eigenvalue weighted by molar-refractivity contribution is -0.122. The first-order valence-electron chi connectivity index (χ1n) is 3.45. The maximum atomic E-state index is 11.1. The van der Waals surface area contributed by atoms with E-state index in [0.29, 0.717) is 0 Å². The molecule has 0 rings (SSSR count). The van der Waals surface area contributed by atoms with Crippen LogP contribution in [0.2, 0.25) is 0 Å². The molecule has 0 aliphatic heterocycles. The molecule has 0 radical (unpaired) electrons. The fourth-order valence-electron chi connectivity index (χ4n) is 0.844. The maximum absolute atomic E-state index is 11.1. The van der Waals surface area contributed by atoms with Crippen molar-refractivity contribution in [3.8, 4) is 0 Å². The number of rotatable bonds is 3. The summed E-state index contributed by atoms with van der Waals surface area (Å²) in [5.74, 6) is 0.0503. The predicted octanol–water partition coefficient (Wildman–Crippen LogP) is 1.69. The molecule has 1 unspecified atom stereocenters. The number of hydrogen-bond donors (Lipinski definition) is 1. The van der Waals surface area contributed by atoms with Gasteiger partial charge in [0.2, 0.25) is 5.91 Å². The fourth-order valence-corrected chi connectivity index (χ4v) is 1.44. The van der Waals surface area contributed by atoms with Crippen molar-refractivity contribution < 1.29 is 4.79 Å². The molecule has 0 saturated carbocycles. The van der Waals surface area contributed by atoms with Crippen LogP contribution < -0.4 is 5.32 Å². The van der Waals surface area contributed by atoms with Crippen LogP contribution in [-0.4, -0.2) is 17.3 Å². The van der Waals surface area contributed by atoms with Gasteiger partial charge in [0, 0.05) is 7.05 Å². The van der Waals surface area contributed by atoms with E-state index >= 15 is 0 Å². The van der Waals surface area contributed by atoms with Gasteiger partial charge in [-0.25, -0.2) is 0 Å². The lowest BCUT2D eigenvalue weighted by atomic mass is 10.1. The summed E-state index contributed by atoms with van der Waals surface area (Å²) in [6.45, 7) is 3.94. The van der Waals surface area contributed by atoms with Crippen LogP contribution in [0, 0.1) is 0 Å². The smallest absolute Gasteiger partial charge is 0.236 e. The van der Waals surface area contributed by atoms with Crippen LogP contribution >= 0.6 is 15.9 Å². The molecule has 2 nitrogen and oxygen atoms in total. The van der Waals surface area contributed by atoms with Crippen LogP contribution in [0.4, 0.5) is 0 Å². The SMILES string of the molecule is CCCC(C)(Br)C(=O)NC. The lowest BCUT2D eigenvalue weighted by Gasteiger charge is -2.18. The number of carbonyl (C=O) groups excluding carboxylic acids is 1. The van der Waals surface area contributed by atoms with Crippen molar-refractivity contribution in [3.63, 3.8) is 0 Å². The number of nitrogens with one attached hydrogen (secondary N) is 1. The second-order valence-corrected chi connectivity index (χ2v) is 4.28. The third-order valence-electron chi connectivity index (χ3n) is 1.42. The second-order valence-electron chi connectivity index (χ2n) is 2.53. The molecule has 1 N–H and O–H groups in total. The van der Waals surface area contributed by atoms with Gasteiger partial charge in [-0.2, -0.15) is 0 Å². The van der Waals surface area contributed by atoms with E-state index in [9.17, 15) is 4.79 Å². The highest BCUT2D eigenvalue weighted by atomic mass is 79.9. The average Bonchev–Trinajstić information content (AvgIpc) is 1.86. The minimum Gasteiger partial charge on any atom is -0.358 e. The minimum absolute atomic E-state index is 0.0503. The molecular formula is C7H14BrNO. The summed E-state index contributed by atoms with van der Waals surface area (Å²) in [6.07, 6.45) is 1.88. The second kappa shape index (κ2) is 3.96. The van der Waals surface area contributed by atoms with Crippen LogP contribution in [-0.2, 0) is 4.79 Å². The van der Waals surface area contributed by atoms with Gasteiger partial charge in [-0.05, 0) is 13.3 Å². The van der Waals surface area contributed by atoms with Crippen molar-refractivity contribution in [2.75, 3.05) is 7.05 Å². The summed E-state index contributed by atoms with van der Waals surface area (Å²) in [5, 5.41) is 2.60. The highest BCUT2D eigenvalue weighted by Gasteiger charge is 2.27. The van der Waals surface area contributed by atoms with Crippen molar-refractivity contribution in [1.82, 2.24) is 5.32 Å². The Hall–Kier alpha value is -0.0500. The van der Waals surface area contributed by atoms with E-state index in [1.165, 1.54) is 0 Å². The maximum Gasteiger partial charge on any atom is 0.236 e. The number of carbonyl (C=O) groups is 1. The summed E-state index contributed by atoms with van der Waals surface area (Å²) in [7, 11) is 1.65. The van der Waals surface area contributed by atoms with Gasteiger partial charge < -0.3 is 5.32 Å². The van der Waals surface area contributed by atoms with Crippen LogP contribution in [0.25, 0.3) is 0 Å². The van der Waals surface area contributed by atoms with Crippen LogP contribution in [0.1, 0.15) is 26.7 Å². The molecule has 0 aliphatic carbocycles. The monoisotopic (exact) mass is 207 g/mol. The summed E-state index contributed by atoms with van der Waals surface area (Å²) in [5.41, 5.74) is 0. The Bertz CT molecular complexity index is 123. The number of alkyl halides is 1. The quantitative estimate of drug-likeness (QED) is 0.702. The topological polar surface area (TPSA) is 29.1 Å². The molecular weight excluding hydrogens is 194 g/mol. The zero-order valence-corrected chi connectivity index (χ0v) is 8.29. The van der Waals surface area contributed by atoms with Gasteiger partial charge in [-0.15, -0.1) is 0 Å². The van der Waals surface area contributed by atoms with E-state index in [2.05, 4.69) is 28.2 Å². The number of halogens is 1. The van der Waals surface area contributed by atoms with Gasteiger partial charge in [0.15, 0.2) is 0 Å². The van der Waals surface area contributed by atoms with Crippen LogP contribution in [0.3, 0.4) is 0 Å². The molecule has 0 fully saturated rings. The molecule has 60 valence electrons. The molecule has 0 bridgehead atoms. The Morgan fingerprint density at radius 3 is 2.50 bits per heavy atom. The number of amides is 1. The summed E-state index contributed by atoms with van der Waals surface area (Å²) >= 11 is 3.36. The Labute approximate surface area is 70.5 Å². The van der Waals surface area contributed by atoms with Gasteiger partial charge in [0.1, 0.15) is 4.32 Å². The van der Waals surface area contributed by atoms with Gasteiger partial charge >= 0.3 is 0 Å². The first-order chi connectivity index (χ1) is 4.54. The molecule has 0 aromatic carbocycles. The molecule has 0 aromatic rings. The summed E-state index contributed by atoms with van der Waals surface area (Å²) in [4.78, 5) is 11.1. The highest BCUT2D eigenvalue weighted by Crippen LogP contribution is 2.23. The molecule has 0 heterocycles. The minimum atomic E-state index is -0.378. The van der Waals surface area contributed by atoms with Crippen molar-refractivity contribution in [3.05, 3.63) is 0 Å². The van der Waals surface area contributed by atoms with Crippen LogP contribution in [0.5, 0.6) is 0 Å². The van der Waals surface area contributed by atoms with Gasteiger partial charge in [-0.3, -0.25) is 4.79 Å². The van der Waals surface area contributed by atoms with E-state index in [1.807, 2.05) is 6.92 Å². The molecule has 3 heteroatoms. The molecule has 0 spiro atoms. The highest BCUT2D eigenvalue weighted by molar-refractivity contribution is 9.10. The third kappa shape index (κ3) is 2.69. The molecule has 1 atom stereocenters. The summed E-state index contributed by atoms with van der Waals surface area (Å²) in [6, 6.07) is 0. The molecule has 1 amide bonds. The molecule has 0 aliphatic rings. The Balaban J connectivity index is 3.96. The van der Waals surface area contributed by atoms with E-state index in [0.717, 1.165) is 12.8 Å².